The molecule has 172 valence electrons. The third-order valence-electron chi connectivity index (χ3n) is 5.39. The summed E-state index contributed by atoms with van der Waals surface area (Å²) in [5.41, 5.74) is 3.73. The minimum absolute atomic E-state index is 0.0726. The molecule has 1 aliphatic rings. The lowest BCUT2D eigenvalue weighted by Gasteiger charge is -2.28. The molecule has 0 spiro atoms. The Labute approximate surface area is 199 Å². The van der Waals surface area contributed by atoms with Gasteiger partial charge in [0.25, 0.3) is 5.91 Å². The Hall–Kier alpha value is -2.97. The molecular formula is C25H29N5O2S. The summed E-state index contributed by atoms with van der Waals surface area (Å²) in [4.78, 5) is 28.6. The van der Waals surface area contributed by atoms with Gasteiger partial charge in [0.1, 0.15) is 5.82 Å². The van der Waals surface area contributed by atoms with Crippen molar-refractivity contribution in [1.82, 2.24) is 20.3 Å². The highest BCUT2D eigenvalue weighted by atomic mass is 32.2. The van der Waals surface area contributed by atoms with E-state index in [2.05, 4.69) is 28.2 Å². The van der Waals surface area contributed by atoms with Crippen LogP contribution in [0.1, 0.15) is 34.2 Å². The molecule has 2 aromatic heterocycles. The van der Waals surface area contributed by atoms with Crippen molar-refractivity contribution >= 4 is 23.5 Å². The Morgan fingerprint density at radius 3 is 2.76 bits per heavy atom. The number of nitrogens with zero attached hydrogens (tertiary/aromatic N) is 4. The lowest BCUT2D eigenvalue weighted by atomic mass is 10.1. The topological polar surface area (TPSA) is 80.2 Å². The number of carbonyl (C=O) groups is 1. The second-order valence-electron chi connectivity index (χ2n) is 7.77. The number of hydrogen-bond acceptors (Lipinski definition) is 7. The van der Waals surface area contributed by atoms with E-state index in [1.807, 2.05) is 42.5 Å². The van der Waals surface area contributed by atoms with E-state index in [1.54, 1.807) is 18.0 Å². The maximum atomic E-state index is 12.6. The Kier molecular flexibility index (Phi) is 8.27. The molecule has 1 N–H and O–H groups in total. The summed E-state index contributed by atoms with van der Waals surface area (Å²) in [6.07, 6.45) is 3.34. The van der Waals surface area contributed by atoms with Gasteiger partial charge in [0, 0.05) is 61.0 Å². The number of nitrogens with one attached hydrogen (secondary N) is 1. The predicted molar refractivity (Wildman–Crippen MR) is 131 cm³/mol. The smallest absolute Gasteiger partial charge is 0.251 e. The van der Waals surface area contributed by atoms with Crippen LogP contribution in [-0.4, -0.2) is 53.7 Å². The van der Waals surface area contributed by atoms with Crippen molar-refractivity contribution in [3.05, 3.63) is 77.2 Å². The average molecular weight is 464 g/mol. The van der Waals surface area contributed by atoms with E-state index in [1.165, 1.54) is 0 Å². The van der Waals surface area contributed by atoms with Gasteiger partial charge in [-0.1, -0.05) is 36.9 Å². The second-order valence-corrected chi connectivity index (χ2v) is 8.71. The maximum Gasteiger partial charge on any atom is 0.251 e. The molecule has 4 rings (SSSR count). The molecule has 3 heterocycles. The van der Waals surface area contributed by atoms with Gasteiger partial charge in [0.15, 0.2) is 5.16 Å². The zero-order valence-corrected chi connectivity index (χ0v) is 19.7. The first-order valence-electron chi connectivity index (χ1n) is 11.3. The molecule has 3 aromatic rings. The molecule has 0 bridgehead atoms. The number of pyridine rings is 1. The molecule has 0 saturated carbocycles. The van der Waals surface area contributed by atoms with Crippen LogP contribution in [0.2, 0.25) is 0 Å². The number of rotatable bonds is 9. The molecular weight excluding hydrogens is 434 g/mol. The summed E-state index contributed by atoms with van der Waals surface area (Å²) < 4.78 is 5.46. The van der Waals surface area contributed by atoms with Crippen LogP contribution in [0.15, 0.2) is 59.9 Å². The standard InChI is InChI=1S/C25H29N5O2S/c1-2-21-17-23(30-12-14-32-15-13-30)29-25(28-21)33-18-19-6-5-7-20(16-19)24(31)27-11-9-22-8-3-4-10-26-22/h3-8,10,16-17H,2,9,11-15,18H2,1H3,(H,27,31). The van der Waals surface area contributed by atoms with Crippen LogP contribution in [0.25, 0.3) is 0 Å². The number of anilines is 1. The van der Waals surface area contributed by atoms with Crippen molar-refractivity contribution in [3.63, 3.8) is 0 Å². The van der Waals surface area contributed by atoms with Gasteiger partial charge in [-0.2, -0.15) is 0 Å². The van der Waals surface area contributed by atoms with E-state index < -0.39 is 0 Å². The number of thioether (sulfide) groups is 1. The highest BCUT2D eigenvalue weighted by Gasteiger charge is 2.15. The summed E-state index contributed by atoms with van der Waals surface area (Å²) in [6.45, 7) is 5.81. The second kappa shape index (κ2) is 11.8. The van der Waals surface area contributed by atoms with Gasteiger partial charge in [-0.15, -0.1) is 0 Å². The molecule has 0 atom stereocenters. The first-order valence-corrected chi connectivity index (χ1v) is 12.3. The summed E-state index contributed by atoms with van der Waals surface area (Å²) in [6, 6.07) is 15.6. The largest absolute Gasteiger partial charge is 0.378 e. The van der Waals surface area contributed by atoms with Crippen LogP contribution in [0, 0.1) is 0 Å². The number of hydrogen-bond donors (Lipinski definition) is 1. The van der Waals surface area contributed by atoms with E-state index in [0.717, 1.165) is 60.6 Å². The molecule has 1 amide bonds. The number of aryl methyl sites for hydroxylation is 1. The zero-order chi connectivity index (χ0) is 22.9. The summed E-state index contributed by atoms with van der Waals surface area (Å²) >= 11 is 1.60. The van der Waals surface area contributed by atoms with E-state index >= 15 is 0 Å². The molecule has 0 radical (unpaired) electrons. The van der Waals surface area contributed by atoms with E-state index in [-0.39, 0.29) is 5.91 Å². The molecule has 7 nitrogen and oxygen atoms in total. The fourth-order valence-corrected chi connectivity index (χ4v) is 4.38. The van der Waals surface area contributed by atoms with Gasteiger partial charge in [-0.3, -0.25) is 9.78 Å². The Balaban J connectivity index is 1.35. The van der Waals surface area contributed by atoms with Crippen LogP contribution < -0.4 is 10.2 Å². The fraction of sp³-hybridized carbons (Fsp3) is 0.360. The van der Waals surface area contributed by atoms with Gasteiger partial charge in [-0.05, 0) is 36.2 Å². The van der Waals surface area contributed by atoms with Crippen molar-refractivity contribution < 1.29 is 9.53 Å². The van der Waals surface area contributed by atoms with E-state index in [0.29, 0.717) is 24.3 Å². The predicted octanol–water partition coefficient (Wildman–Crippen LogP) is 3.54. The van der Waals surface area contributed by atoms with Crippen molar-refractivity contribution in [1.29, 1.82) is 0 Å². The number of ether oxygens (including phenoxy) is 1. The molecule has 1 saturated heterocycles. The third kappa shape index (κ3) is 6.76. The van der Waals surface area contributed by atoms with Crippen LogP contribution in [-0.2, 0) is 23.3 Å². The normalized spacial score (nSPS) is 13.7. The number of carbonyl (C=O) groups excluding carboxylic acids is 1. The average Bonchev–Trinajstić information content (AvgIpc) is 2.88. The lowest BCUT2D eigenvalue weighted by Crippen LogP contribution is -2.37. The Morgan fingerprint density at radius 1 is 1.09 bits per heavy atom. The molecule has 8 heteroatoms. The van der Waals surface area contributed by atoms with Crippen molar-refractivity contribution in [3.8, 4) is 0 Å². The first kappa shape index (κ1) is 23.2. The first-order chi connectivity index (χ1) is 16.2. The number of benzene rings is 1. The van der Waals surface area contributed by atoms with E-state index in [9.17, 15) is 4.79 Å². The number of amides is 1. The fourth-order valence-electron chi connectivity index (χ4n) is 3.56. The zero-order valence-electron chi connectivity index (χ0n) is 18.9. The van der Waals surface area contributed by atoms with Crippen LogP contribution in [0.5, 0.6) is 0 Å². The molecule has 1 fully saturated rings. The quantitative estimate of drug-likeness (QED) is 0.384. The summed E-state index contributed by atoms with van der Waals surface area (Å²) in [5, 5.41) is 3.75. The summed E-state index contributed by atoms with van der Waals surface area (Å²) in [7, 11) is 0. The van der Waals surface area contributed by atoms with Gasteiger partial charge in [0.05, 0.1) is 13.2 Å². The van der Waals surface area contributed by atoms with Crippen molar-refractivity contribution in [2.75, 3.05) is 37.7 Å². The van der Waals surface area contributed by atoms with Crippen LogP contribution in [0.4, 0.5) is 5.82 Å². The minimum atomic E-state index is -0.0726. The highest BCUT2D eigenvalue weighted by Crippen LogP contribution is 2.24. The van der Waals surface area contributed by atoms with Crippen molar-refractivity contribution in [2.45, 2.75) is 30.7 Å². The molecule has 33 heavy (non-hydrogen) atoms. The van der Waals surface area contributed by atoms with Gasteiger partial charge >= 0.3 is 0 Å². The Morgan fingerprint density at radius 2 is 1.97 bits per heavy atom. The van der Waals surface area contributed by atoms with Crippen LogP contribution >= 0.6 is 11.8 Å². The highest BCUT2D eigenvalue weighted by molar-refractivity contribution is 7.98. The molecule has 0 aliphatic carbocycles. The third-order valence-corrected chi connectivity index (χ3v) is 6.31. The molecule has 0 unspecified atom stereocenters. The van der Waals surface area contributed by atoms with Gasteiger partial charge in [-0.25, -0.2) is 9.97 Å². The van der Waals surface area contributed by atoms with Gasteiger partial charge in [0.2, 0.25) is 0 Å². The van der Waals surface area contributed by atoms with Crippen LogP contribution in [0.3, 0.4) is 0 Å². The molecule has 1 aromatic carbocycles. The SMILES string of the molecule is CCc1cc(N2CCOCC2)nc(SCc2cccc(C(=O)NCCc3ccccn3)c2)n1. The number of morpholine rings is 1. The van der Waals surface area contributed by atoms with Gasteiger partial charge < -0.3 is 15.0 Å². The van der Waals surface area contributed by atoms with E-state index in [4.69, 9.17) is 14.7 Å². The number of aromatic nitrogens is 3. The van der Waals surface area contributed by atoms with Crippen molar-refractivity contribution in [2.24, 2.45) is 0 Å². The maximum absolute atomic E-state index is 12.6. The lowest BCUT2D eigenvalue weighted by molar-refractivity contribution is 0.0954. The summed E-state index contributed by atoms with van der Waals surface area (Å²) in [5.74, 6) is 1.59. The Bertz CT molecular complexity index is 1060. The molecule has 1 aliphatic heterocycles. The monoisotopic (exact) mass is 463 g/mol. The minimum Gasteiger partial charge on any atom is -0.378 e.